The van der Waals surface area contributed by atoms with E-state index < -0.39 is 0 Å². The van der Waals surface area contributed by atoms with Gasteiger partial charge in [-0.25, -0.2) is 0 Å². The van der Waals surface area contributed by atoms with Gasteiger partial charge in [-0.15, -0.1) is 0 Å². The van der Waals surface area contributed by atoms with Crippen LogP contribution >= 0.6 is 11.6 Å². The number of nitrogens with one attached hydrogen (secondary N) is 1. The molecule has 1 aromatic carbocycles. The molecule has 19 heavy (non-hydrogen) atoms. The van der Waals surface area contributed by atoms with Gasteiger partial charge in [-0.2, -0.15) is 0 Å². The topological polar surface area (TPSA) is 32.3 Å². The number of amides is 1. The first-order valence-corrected chi connectivity index (χ1v) is 7.33. The molecule has 1 heterocycles. The minimum Gasteiger partial charge on any atom is -0.338 e. The second-order valence-electron chi connectivity index (χ2n) is 5.04. The van der Waals surface area contributed by atoms with E-state index in [9.17, 15) is 4.79 Å². The lowest BCUT2D eigenvalue weighted by Gasteiger charge is -2.28. The lowest BCUT2D eigenvalue weighted by atomic mass is 10.1. The van der Waals surface area contributed by atoms with Crippen molar-refractivity contribution in [1.29, 1.82) is 0 Å². The Balaban J connectivity index is 2.00. The number of hydrogen-bond donors (Lipinski definition) is 1. The molecule has 1 saturated heterocycles. The number of nitrogens with zero attached hydrogens (tertiary/aromatic N) is 1. The summed E-state index contributed by atoms with van der Waals surface area (Å²) < 4.78 is 0. The van der Waals surface area contributed by atoms with Crippen molar-refractivity contribution in [2.45, 2.75) is 32.2 Å². The van der Waals surface area contributed by atoms with E-state index in [1.165, 1.54) is 0 Å². The molecule has 4 heteroatoms. The van der Waals surface area contributed by atoms with Crippen LogP contribution < -0.4 is 5.32 Å². The van der Waals surface area contributed by atoms with Crippen molar-refractivity contribution in [2.75, 3.05) is 19.6 Å². The summed E-state index contributed by atoms with van der Waals surface area (Å²) in [5.74, 6) is 0.220. The average Bonchev–Trinajstić information content (AvgIpc) is 2.92. The largest absolute Gasteiger partial charge is 0.338 e. The number of carbonyl (C=O) groups excluding carboxylic acids is 1. The molecule has 0 aromatic heterocycles. The minimum absolute atomic E-state index is 0.220. The number of hydrogen-bond acceptors (Lipinski definition) is 2. The van der Waals surface area contributed by atoms with Crippen LogP contribution in [0.2, 0.25) is 5.02 Å². The molecule has 1 amide bonds. The molecule has 0 saturated carbocycles. The van der Waals surface area contributed by atoms with Crippen LogP contribution in [0, 0.1) is 0 Å². The van der Waals surface area contributed by atoms with Crippen LogP contribution in [-0.2, 0) is 11.2 Å². The van der Waals surface area contributed by atoms with Crippen molar-refractivity contribution in [3.8, 4) is 0 Å². The fraction of sp³-hybridized carbons (Fsp3) is 0.533. The fourth-order valence-corrected chi connectivity index (χ4v) is 2.66. The third-order valence-electron chi connectivity index (χ3n) is 3.53. The molecule has 1 aliphatic heterocycles. The molecule has 0 aliphatic carbocycles. The smallest absolute Gasteiger partial charge is 0.227 e. The molecular weight excluding hydrogens is 260 g/mol. The molecule has 1 fully saturated rings. The Hall–Kier alpha value is -1.06. The molecule has 0 spiro atoms. The lowest BCUT2D eigenvalue weighted by Crippen LogP contribution is -2.42. The van der Waals surface area contributed by atoms with Crippen LogP contribution in [-0.4, -0.2) is 36.5 Å². The van der Waals surface area contributed by atoms with Crippen LogP contribution in [0.3, 0.4) is 0 Å². The van der Waals surface area contributed by atoms with E-state index in [0.717, 1.165) is 38.0 Å². The third-order valence-corrected chi connectivity index (χ3v) is 3.78. The monoisotopic (exact) mass is 280 g/mol. The van der Waals surface area contributed by atoms with E-state index in [-0.39, 0.29) is 5.91 Å². The summed E-state index contributed by atoms with van der Waals surface area (Å²) in [5.41, 5.74) is 1.03. The van der Waals surface area contributed by atoms with Crippen LogP contribution in [0.5, 0.6) is 0 Å². The number of carbonyl (C=O) groups is 1. The lowest BCUT2D eigenvalue weighted by molar-refractivity contribution is -0.132. The summed E-state index contributed by atoms with van der Waals surface area (Å²) in [6, 6.07) is 7.89. The van der Waals surface area contributed by atoms with E-state index in [1.54, 1.807) is 0 Å². The molecular formula is C15H21ClN2O. The van der Waals surface area contributed by atoms with E-state index in [4.69, 9.17) is 11.6 Å². The van der Waals surface area contributed by atoms with Crippen molar-refractivity contribution in [3.05, 3.63) is 34.9 Å². The van der Waals surface area contributed by atoms with E-state index >= 15 is 0 Å². The number of halogens is 1. The maximum absolute atomic E-state index is 12.4. The quantitative estimate of drug-likeness (QED) is 0.899. The van der Waals surface area contributed by atoms with Gasteiger partial charge in [-0.1, -0.05) is 30.7 Å². The second-order valence-corrected chi connectivity index (χ2v) is 5.47. The predicted octanol–water partition coefficient (Wildman–Crippen LogP) is 2.48. The SMILES string of the molecule is CCCN(C(=O)Cc1ccc(Cl)cc1)C1CCNC1. The van der Waals surface area contributed by atoms with Crippen molar-refractivity contribution >= 4 is 17.5 Å². The maximum atomic E-state index is 12.4. The van der Waals surface area contributed by atoms with Gasteiger partial charge in [0.05, 0.1) is 6.42 Å². The van der Waals surface area contributed by atoms with Gasteiger partial charge in [-0.05, 0) is 37.1 Å². The first-order valence-electron chi connectivity index (χ1n) is 6.95. The molecule has 1 N–H and O–H groups in total. The van der Waals surface area contributed by atoms with Gasteiger partial charge >= 0.3 is 0 Å². The Kier molecular flexibility index (Phi) is 5.23. The molecule has 2 rings (SSSR count). The predicted molar refractivity (Wildman–Crippen MR) is 78.4 cm³/mol. The first kappa shape index (κ1) is 14.4. The van der Waals surface area contributed by atoms with Gasteiger partial charge in [0.15, 0.2) is 0 Å². The highest BCUT2D eigenvalue weighted by Crippen LogP contribution is 2.14. The minimum atomic E-state index is 0.220. The Labute approximate surface area is 119 Å². The molecule has 3 nitrogen and oxygen atoms in total. The maximum Gasteiger partial charge on any atom is 0.227 e. The molecule has 1 atom stereocenters. The van der Waals surface area contributed by atoms with Crippen molar-refractivity contribution in [1.82, 2.24) is 10.2 Å². The molecule has 0 radical (unpaired) electrons. The van der Waals surface area contributed by atoms with Gasteiger partial charge in [-0.3, -0.25) is 4.79 Å². The number of benzene rings is 1. The van der Waals surface area contributed by atoms with Gasteiger partial charge in [0.25, 0.3) is 0 Å². The molecule has 104 valence electrons. The van der Waals surface area contributed by atoms with Gasteiger partial charge < -0.3 is 10.2 Å². The highest BCUT2D eigenvalue weighted by atomic mass is 35.5. The third kappa shape index (κ3) is 3.95. The molecule has 0 bridgehead atoms. The molecule has 1 aliphatic rings. The summed E-state index contributed by atoms with van der Waals surface area (Å²) in [4.78, 5) is 14.5. The van der Waals surface area contributed by atoms with Crippen LogP contribution in [0.25, 0.3) is 0 Å². The highest BCUT2D eigenvalue weighted by molar-refractivity contribution is 6.30. The zero-order chi connectivity index (χ0) is 13.7. The van der Waals surface area contributed by atoms with Crippen LogP contribution in [0.4, 0.5) is 0 Å². The van der Waals surface area contributed by atoms with Gasteiger partial charge in [0.2, 0.25) is 5.91 Å². The van der Waals surface area contributed by atoms with Crippen LogP contribution in [0.15, 0.2) is 24.3 Å². The molecule has 1 unspecified atom stereocenters. The Morgan fingerprint density at radius 1 is 1.42 bits per heavy atom. The highest BCUT2D eigenvalue weighted by Gasteiger charge is 2.25. The van der Waals surface area contributed by atoms with E-state index in [1.807, 2.05) is 29.2 Å². The summed E-state index contributed by atoms with van der Waals surface area (Å²) in [6.07, 6.45) is 2.53. The standard InChI is InChI=1S/C15H21ClN2O/c1-2-9-18(14-7-8-17-11-14)15(19)10-12-3-5-13(16)6-4-12/h3-6,14,17H,2,7-11H2,1H3. The fourth-order valence-electron chi connectivity index (χ4n) is 2.54. The Morgan fingerprint density at radius 2 is 2.16 bits per heavy atom. The number of rotatable bonds is 5. The van der Waals surface area contributed by atoms with Crippen molar-refractivity contribution in [2.24, 2.45) is 0 Å². The molecule has 1 aromatic rings. The summed E-state index contributed by atoms with van der Waals surface area (Å²) in [5, 5.41) is 4.04. The second kappa shape index (κ2) is 6.92. The average molecular weight is 281 g/mol. The van der Waals surface area contributed by atoms with Gasteiger partial charge in [0.1, 0.15) is 0 Å². The van der Waals surface area contributed by atoms with E-state index in [2.05, 4.69) is 12.2 Å². The van der Waals surface area contributed by atoms with Gasteiger partial charge in [0, 0.05) is 24.2 Å². The van der Waals surface area contributed by atoms with Crippen molar-refractivity contribution < 1.29 is 4.79 Å². The zero-order valence-corrected chi connectivity index (χ0v) is 12.1. The van der Waals surface area contributed by atoms with E-state index in [0.29, 0.717) is 17.5 Å². The summed E-state index contributed by atoms with van der Waals surface area (Å²) in [6.45, 7) is 4.90. The Bertz CT molecular complexity index is 413. The summed E-state index contributed by atoms with van der Waals surface area (Å²) >= 11 is 5.86. The first-order chi connectivity index (χ1) is 9.20. The normalized spacial score (nSPS) is 18.5. The zero-order valence-electron chi connectivity index (χ0n) is 11.4. The Morgan fingerprint density at radius 3 is 2.74 bits per heavy atom. The van der Waals surface area contributed by atoms with Crippen LogP contribution in [0.1, 0.15) is 25.3 Å². The summed E-state index contributed by atoms with van der Waals surface area (Å²) in [7, 11) is 0. The van der Waals surface area contributed by atoms with Crippen molar-refractivity contribution in [3.63, 3.8) is 0 Å².